The number of hydrogen-bond donors (Lipinski definition) is 2. The van der Waals surface area contributed by atoms with Gasteiger partial charge in [0.15, 0.2) is 0 Å². The smallest absolute Gasteiger partial charge is 0.309 e. The Bertz CT molecular complexity index is 666. The maximum atomic E-state index is 12.0. The van der Waals surface area contributed by atoms with E-state index < -0.39 is 27.4 Å². The molecule has 0 saturated carbocycles. The Balaban J connectivity index is 1.74. The van der Waals surface area contributed by atoms with Crippen molar-refractivity contribution in [1.29, 1.82) is 0 Å². The minimum absolute atomic E-state index is 0.179. The summed E-state index contributed by atoms with van der Waals surface area (Å²) in [4.78, 5) is 24.0. The number of piperidine rings is 1. The molecule has 1 aliphatic carbocycles. The van der Waals surface area contributed by atoms with Crippen LogP contribution in [0.1, 0.15) is 44.9 Å². The predicted octanol–water partition coefficient (Wildman–Crippen LogP) is 0.550. The molecule has 0 radical (unpaired) electrons. The number of allylic oxidation sites excluding steroid dienone is 1. The molecule has 1 heterocycles. The van der Waals surface area contributed by atoms with Gasteiger partial charge in [0.05, 0.1) is 11.9 Å². The Morgan fingerprint density at radius 2 is 1.85 bits per heavy atom. The second kappa shape index (κ2) is 9.66. The first-order chi connectivity index (χ1) is 12.8. The molecule has 0 unspecified atom stereocenters. The standard InChI is InChI=1S/C18H31N3O5S/c1-26-18(9-12-21(13-10-18)27(2,24)25)14-20-17(23)16(22)19-11-8-15-6-4-3-5-7-15/h6H,3-5,7-14H2,1-2H3,(H,19,22)(H,20,23). The normalized spacial score (nSPS) is 20.6. The third kappa shape index (κ3) is 6.58. The fraction of sp³-hybridized carbons (Fsp3) is 0.778. The molecule has 2 aliphatic rings. The summed E-state index contributed by atoms with van der Waals surface area (Å²) in [6, 6.07) is 0. The van der Waals surface area contributed by atoms with E-state index in [1.165, 1.54) is 29.0 Å². The lowest BCUT2D eigenvalue weighted by Gasteiger charge is -2.39. The molecular formula is C18H31N3O5S. The highest BCUT2D eigenvalue weighted by Crippen LogP contribution is 2.26. The van der Waals surface area contributed by atoms with Gasteiger partial charge < -0.3 is 15.4 Å². The van der Waals surface area contributed by atoms with Crippen LogP contribution in [0.4, 0.5) is 0 Å². The number of carbonyl (C=O) groups is 2. The number of amides is 2. The largest absolute Gasteiger partial charge is 0.376 e. The lowest BCUT2D eigenvalue weighted by Crippen LogP contribution is -2.54. The molecule has 0 aromatic heterocycles. The average molecular weight is 402 g/mol. The summed E-state index contributed by atoms with van der Waals surface area (Å²) in [5.74, 6) is -1.33. The van der Waals surface area contributed by atoms with Crippen molar-refractivity contribution in [3.05, 3.63) is 11.6 Å². The van der Waals surface area contributed by atoms with Crippen LogP contribution in [0.25, 0.3) is 0 Å². The van der Waals surface area contributed by atoms with Crippen molar-refractivity contribution in [2.75, 3.05) is 39.5 Å². The van der Waals surface area contributed by atoms with E-state index in [-0.39, 0.29) is 6.54 Å². The minimum Gasteiger partial charge on any atom is -0.376 e. The van der Waals surface area contributed by atoms with Gasteiger partial charge in [0.25, 0.3) is 0 Å². The molecule has 1 aliphatic heterocycles. The van der Waals surface area contributed by atoms with Gasteiger partial charge in [0, 0.05) is 33.3 Å². The summed E-state index contributed by atoms with van der Waals surface area (Å²) in [5.41, 5.74) is 0.697. The van der Waals surface area contributed by atoms with E-state index in [0.717, 1.165) is 19.3 Å². The highest BCUT2D eigenvalue weighted by atomic mass is 32.2. The van der Waals surface area contributed by atoms with E-state index >= 15 is 0 Å². The Kier molecular flexibility index (Phi) is 7.81. The lowest BCUT2D eigenvalue weighted by atomic mass is 9.92. The van der Waals surface area contributed by atoms with Gasteiger partial charge in [-0.3, -0.25) is 9.59 Å². The van der Waals surface area contributed by atoms with E-state index in [4.69, 9.17) is 4.74 Å². The average Bonchev–Trinajstić information content (AvgIpc) is 2.66. The van der Waals surface area contributed by atoms with Crippen molar-refractivity contribution in [1.82, 2.24) is 14.9 Å². The summed E-state index contributed by atoms with van der Waals surface area (Å²) < 4.78 is 30.2. The van der Waals surface area contributed by atoms with Crippen LogP contribution in [0.15, 0.2) is 11.6 Å². The molecular weight excluding hydrogens is 370 g/mol. The van der Waals surface area contributed by atoms with Gasteiger partial charge in [-0.2, -0.15) is 0 Å². The van der Waals surface area contributed by atoms with Gasteiger partial charge >= 0.3 is 11.8 Å². The quantitative estimate of drug-likeness (QED) is 0.479. The molecule has 2 amide bonds. The molecule has 154 valence electrons. The van der Waals surface area contributed by atoms with Gasteiger partial charge in [-0.05, 0) is 44.9 Å². The third-order valence-electron chi connectivity index (χ3n) is 5.43. The van der Waals surface area contributed by atoms with Gasteiger partial charge in [-0.15, -0.1) is 0 Å². The van der Waals surface area contributed by atoms with Gasteiger partial charge in [0.2, 0.25) is 10.0 Å². The molecule has 1 saturated heterocycles. The summed E-state index contributed by atoms with van der Waals surface area (Å²) in [7, 11) is -1.69. The zero-order valence-electron chi connectivity index (χ0n) is 16.3. The van der Waals surface area contributed by atoms with Crippen LogP contribution in [-0.4, -0.2) is 69.7 Å². The van der Waals surface area contributed by atoms with Crippen molar-refractivity contribution in [2.24, 2.45) is 0 Å². The monoisotopic (exact) mass is 401 g/mol. The first kappa shape index (κ1) is 21.8. The Morgan fingerprint density at radius 3 is 2.41 bits per heavy atom. The molecule has 1 fully saturated rings. The number of methoxy groups -OCH3 is 1. The van der Waals surface area contributed by atoms with Gasteiger partial charge in [0.1, 0.15) is 0 Å². The maximum absolute atomic E-state index is 12.0. The molecule has 2 N–H and O–H groups in total. The maximum Gasteiger partial charge on any atom is 0.309 e. The van der Waals surface area contributed by atoms with Crippen LogP contribution in [0.2, 0.25) is 0 Å². The summed E-state index contributed by atoms with van der Waals surface area (Å²) in [6.07, 6.45) is 9.70. The SMILES string of the molecule is COC1(CNC(=O)C(=O)NCCC2=CCCCC2)CCN(S(C)(=O)=O)CC1. The van der Waals surface area contributed by atoms with Crippen molar-refractivity contribution in [3.63, 3.8) is 0 Å². The third-order valence-corrected chi connectivity index (χ3v) is 6.73. The number of sulfonamides is 1. The van der Waals surface area contributed by atoms with Crippen molar-refractivity contribution in [3.8, 4) is 0 Å². The van der Waals surface area contributed by atoms with E-state index in [2.05, 4.69) is 16.7 Å². The van der Waals surface area contributed by atoms with E-state index in [9.17, 15) is 18.0 Å². The zero-order valence-corrected chi connectivity index (χ0v) is 17.1. The van der Waals surface area contributed by atoms with Gasteiger partial charge in [-0.25, -0.2) is 12.7 Å². The number of ether oxygens (including phenoxy) is 1. The van der Waals surface area contributed by atoms with Crippen molar-refractivity contribution < 1.29 is 22.7 Å². The second-order valence-electron chi connectivity index (χ2n) is 7.35. The minimum atomic E-state index is -3.23. The number of carbonyl (C=O) groups excluding carboxylic acids is 2. The number of nitrogens with one attached hydrogen (secondary N) is 2. The number of nitrogens with zero attached hydrogens (tertiary/aromatic N) is 1. The molecule has 27 heavy (non-hydrogen) atoms. The van der Waals surface area contributed by atoms with Gasteiger partial charge in [-0.1, -0.05) is 11.6 Å². The highest BCUT2D eigenvalue weighted by molar-refractivity contribution is 7.88. The Labute approximate surface area is 161 Å². The number of hydrogen-bond acceptors (Lipinski definition) is 5. The molecule has 2 rings (SSSR count). The highest BCUT2D eigenvalue weighted by Gasteiger charge is 2.37. The van der Waals surface area contributed by atoms with Crippen LogP contribution in [-0.2, 0) is 24.3 Å². The molecule has 0 spiro atoms. The first-order valence-corrected chi connectivity index (χ1v) is 11.3. The fourth-order valence-corrected chi connectivity index (χ4v) is 4.39. The second-order valence-corrected chi connectivity index (χ2v) is 9.33. The lowest BCUT2D eigenvalue weighted by molar-refractivity contribution is -0.140. The topological polar surface area (TPSA) is 105 Å². The van der Waals surface area contributed by atoms with Crippen LogP contribution >= 0.6 is 0 Å². The van der Waals surface area contributed by atoms with Crippen LogP contribution in [0.3, 0.4) is 0 Å². The van der Waals surface area contributed by atoms with E-state index in [1.807, 2.05) is 0 Å². The Morgan fingerprint density at radius 1 is 1.19 bits per heavy atom. The molecule has 0 aromatic carbocycles. The molecule has 9 heteroatoms. The summed E-state index contributed by atoms with van der Waals surface area (Å²) >= 11 is 0. The summed E-state index contributed by atoms with van der Waals surface area (Å²) in [6.45, 7) is 1.31. The van der Waals surface area contributed by atoms with Crippen LogP contribution in [0.5, 0.6) is 0 Å². The predicted molar refractivity (Wildman–Crippen MR) is 103 cm³/mol. The fourth-order valence-electron chi connectivity index (χ4n) is 3.55. The number of rotatable bonds is 7. The Hall–Kier alpha value is -1.45. The van der Waals surface area contributed by atoms with Crippen LogP contribution < -0.4 is 10.6 Å². The van der Waals surface area contributed by atoms with E-state index in [0.29, 0.717) is 32.5 Å². The molecule has 8 nitrogen and oxygen atoms in total. The van der Waals surface area contributed by atoms with E-state index in [1.54, 1.807) is 7.11 Å². The van der Waals surface area contributed by atoms with Crippen molar-refractivity contribution >= 4 is 21.8 Å². The van der Waals surface area contributed by atoms with Crippen LogP contribution in [0, 0.1) is 0 Å². The molecule has 0 bridgehead atoms. The molecule has 0 atom stereocenters. The molecule has 0 aromatic rings. The zero-order chi connectivity index (χ0) is 19.9. The first-order valence-electron chi connectivity index (χ1n) is 9.50. The van der Waals surface area contributed by atoms with Crippen molar-refractivity contribution in [2.45, 2.75) is 50.5 Å². The summed E-state index contributed by atoms with van der Waals surface area (Å²) in [5, 5.41) is 5.28.